The first-order chi connectivity index (χ1) is 12.9. The summed E-state index contributed by atoms with van der Waals surface area (Å²) in [5.74, 6) is 0. The Balaban J connectivity index is 1.78. The molecular weight excluding hydrogens is 316 g/mol. The summed E-state index contributed by atoms with van der Waals surface area (Å²) in [7, 11) is 0. The highest BCUT2D eigenvalue weighted by molar-refractivity contribution is 6.09. The molecule has 3 aromatic carbocycles. The number of allylic oxidation sites excluding steroid dienone is 1. The summed E-state index contributed by atoms with van der Waals surface area (Å²) in [4.78, 5) is 7.48. The van der Waals surface area contributed by atoms with Crippen LogP contribution in [0.25, 0.3) is 5.57 Å². The minimum Gasteiger partial charge on any atom is -0.341 e. The standard InChI is InChI=1S/C24H20N2/c1-2-26-22-13-7-6-11-18(22)19-15-16-20(17-9-4-3-5-10-17)25-21-12-8-14-23(26)24(19)21/h3-15H,2,16H2,1H3. The van der Waals surface area contributed by atoms with Crippen LogP contribution >= 0.6 is 0 Å². The average Bonchev–Trinajstić information content (AvgIpc) is 2.90. The molecule has 26 heavy (non-hydrogen) atoms. The number of rotatable bonds is 2. The summed E-state index contributed by atoms with van der Waals surface area (Å²) in [6.45, 7) is 3.15. The van der Waals surface area contributed by atoms with Gasteiger partial charge in [-0.05, 0) is 36.3 Å². The van der Waals surface area contributed by atoms with Gasteiger partial charge in [-0.15, -0.1) is 0 Å². The van der Waals surface area contributed by atoms with Gasteiger partial charge >= 0.3 is 0 Å². The maximum atomic E-state index is 5.08. The molecule has 0 unspecified atom stereocenters. The van der Waals surface area contributed by atoms with Gasteiger partial charge in [0.25, 0.3) is 0 Å². The predicted octanol–water partition coefficient (Wildman–Crippen LogP) is 6.11. The van der Waals surface area contributed by atoms with E-state index < -0.39 is 0 Å². The fraction of sp³-hybridized carbons (Fsp3) is 0.125. The van der Waals surface area contributed by atoms with Crippen molar-refractivity contribution in [1.29, 1.82) is 0 Å². The Kier molecular flexibility index (Phi) is 3.49. The normalized spacial score (nSPS) is 14.7. The maximum absolute atomic E-state index is 5.08. The lowest BCUT2D eigenvalue weighted by molar-refractivity contribution is 1.01. The quantitative estimate of drug-likeness (QED) is 0.551. The first kappa shape index (κ1) is 15.2. The van der Waals surface area contributed by atoms with Crippen LogP contribution in [0.15, 0.2) is 83.9 Å². The molecule has 0 amide bonds. The third-order valence-corrected chi connectivity index (χ3v) is 5.24. The van der Waals surface area contributed by atoms with Crippen molar-refractivity contribution >= 4 is 28.3 Å². The number of nitrogens with zero attached hydrogens (tertiary/aromatic N) is 2. The SMILES string of the molecule is CCN1c2ccccc2C2=CCC(c3ccccc3)=Nc3cccc1c32. The highest BCUT2D eigenvalue weighted by atomic mass is 15.1. The van der Waals surface area contributed by atoms with Crippen LogP contribution in [0.1, 0.15) is 30.0 Å². The Morgan fingerprint density at radius 1 is 0.846 bits per heavy atom. The van der Waals surface area contributed by atoms with E-state index in [-0.39, 0.29) is 0 Å². The molecule has 0 aromatic heterocycles. The first-order valence-corrected chi connectivity index (χ1v) is 9.20. The molecule has 0 aliphatic carbocycles. The molecule has 0 bridgehead atoms. The van der Waals surface area contributed by atoms with Crippen LogP contribution < -0.4 is 4.90 Å². The number of benzene rings is 3. The summed E-state index contributed by atoms with van der Waals surface area (Å²) in [6, 6.07) is 25.7. The van der Waals surface area contributed by atoms with Gasteiger partial charge in [-0.2, -0.15) is 0 Å². The van der Waals surface area contributed by atoms with E-state index in [9.17, 15) is 0 Å². The fourth-order valence-corrected chi connectivity index (χ4v) is 4.08. The Labute approximate surface area is 154 Å². The van der Waals surface area contributed by atoms with Crippen molar-refractivity contribution in [2.45, 2.75) is 13.3 Å². The Hall–Kier alpha value is -3.13. The molecule has 3 aromatic rings. The zero-order valence-corrected chi connectivity index (χ0v) is 14.8. The molecule has 126 valence electrons. The maximum Gasteiger partial charge on any atom is 0.0732 e. The molecule has 0 radical (unpaired) electrons. The summed E-state index contributed by atoms with van der Waals surface area (Å²) in [5, 5.41) is 0. The third kappa shape index (κ3) is 2.22. The van der Waals surface area contributed by atoms with E-state index in [1.807, 2.05) is 0 Å². The van der Waals surface area contributed by atoms with Crippen LogP contribution in [-0.4, -0.2) is 12.3 Å². The number of hydrogen-bond acceptors (Lipinski definition) is 2. The summed E-state index contributed by atoms with van der Waals surface area (Å²) in [5.41, 5.74) is 9.81. The van der Waals surface area contributed by atoms with Gasteiger partial charge in [0.05, 0.1) is 17.1 Å². The van der Waals surface area contributed by atoms with Crippen molar-refractivity contribution in [1.82, 2.24) is 0 Å². The van der Waals surface area contributed by atoms with Crippen LogP contribution in [0.3, 0.4) is 0 Å². The largest absolute Gasteiger partial charge is 0.341 e. The molecule has 2 aliphatic rings. The lowest BCUT2D eigenvalue weighted by Gasteiger charge is -2.34. The minimum atomic E-state index is 0.841. The van der Waals surface area contributed by atoms with E-state index >= 15 is 0 Å². The minimum absolute atomic E-state index is 0.841. The monoisotopic (exact) mass is 336 g/mol. The third-order valence-electron chi connectivity index (χ3n) is 5.24. The topological polar surface area (TPSA) is 15.6 Å². The molecule has 2 heterocycles. The summed E-state index contributed by atoms with van der Waals surface area (Å²) >= 11 is 0. The molecule has 0 saturated heterocycles. The molecule has 2 heteroatoms. The van der Waals surface area contributed by atoms with Crippen LogP contribution in [-0.2, 0) is 0 Å². The van der Waals surface area contributed by atoms with Gasteiger partial charge in [-0.25, -0.2) is 0 Å². The van der Waals surface area contributed by atoms with E-state index in [2.05, 4.69) is 90.7 Å². The van der Waals surface area contributed by atoms with Crippen LogP contribution in [0.4, 0.5) is 17.1 Å². The van der Waals surface area contributed by atoms with E-state index in [0.29, 0.717) is 0 Å². The van der Waals surface area contributed by atoms with Crippen molar-refractivity contribution in [3.63, 3.8) is 0 Å². The Morgan fingerprint density at radius 2 is 1.62 bits per heavy atom. The van der Waals surface area contributed by atoms with Gasteiger partial charge in [0.15, 0.2) is 0 Å². The number of fused-ring (bicyclic) bond motifs is 2. The second-order valence-corrected chi connectivity index (χ2v) is 6.68. The van der Waals surface area contributed by atoms with Gasteiger partial charge in [0, 0.05) is 29.8 Å². The highest BCUT2D eigenvalue weighted by Gasteiger charge is 2.28. The van der Waals surface area contributed by atoms with Crippen molar-refractivity contribution in [2.75, 3.05) is 11.4 Å². The van der Waals surface area contributed by atoms with Gasteiger partial charge in [-0.1, -0.05) is 60.7 Å². The molecule has 0 N–H and O–H groups in total. The van der Waals surface area contributed by atoms with E-state index in [1.165, 1.54) is 33.6 Å². The van der Waals surface area contributed by atoms with Crippen molar-refractivity contribution in [3.8, 4) is 0 Å². The fourth-order valence-electron chi connectivity index (χ4n) is 4.08. The number of aliphatic imine (C=N–C) groups is 1. The molecule has 0 fully saturated rings. The first-order valence-electron chi connectivity index (χ1n) is 9.20. The van der Waals surface area contributed by atoms with Crippen LogP contribution in [0, 0.1) is 0 Å². The molecule has 2 nitrogen and oxygen atoms in total. The van der Waals surface area contributed by atoms with Gasteiger partial charge < -0.3 is 4.90 Å². The smallest absolute Gasteiger partial charge is 0.0732 e. The lowest BCUT2D eigenvalue weighted by atomic mass is 9.88. The van der Waals surface area contributed by atoms with Crippen LogP contribution in [0.5, 0.6) is 0 Å². The van der Waals surface area contributed by atoms with Crippen molar-refractivity contribution in [3.05, 3.63) is 95.6 Å². The van der Waals surface area contributed by atoms with E-state index in [0.717, 1.165) is 24.4 Å². The number of anilines is 2. The number of para-hydroxylation sites is 1. The Morgan fingerprint density at radius 3 is 2.46 bits per heavy atom. The van der Waals surface area contributed by atoms with E-state index in [1.54, 1.807) is 0 Å². The lowest BCUT2D eigenvalue weighted by Crippen LogP contribution is -2.22. The van der Waals surface area contributed by atoms with Crippen LogP contribution in [0.2, 0.25) is 0 Å². The van der Waals surface area contributed by atoms with Gasteiger partial charge in [-0.3, -0.25) is 4.99 Å². The molecule has 2 aliphatic heterocycles. The molecular formula is C24H20N2. The average molecular weight is 336 g/mol. The molecule has 5 rings (SSSR count). The zero-order chi connectivity index (χ0) is 17.5. The second-order valence-electron chi connectivity index (χ2n) is 6.68. The predicted molar refractivity (Wildman–Crippen MR) is 110 cm³/mol. The summed E-state index contributed by atoms with van der Waals surface area (Å²) in [6.07, 6.45) is 3.20. The van der Waals surface area contributed by atoms with Gasteiger partial charge in [0.2, 0.25) is 0 Å². The van der Waals surface area contributed by atoms with Gasteiger partial charge in [0.1, 0.15) is 0 Å². The molecule has 0 spiro atoms. The van der Waals surface area contributed by atoms with E-state index in [4.69, 9.17) is 4.99 Å². The molecule has 0 saturated carbocycles. The number of hydrogen-bond donors (Lipinski definition) is 0. The molecule has 0 atom stereocenters. The highest BCUT2D eigenvalue weighted by Crippen LogP contribution is 2.49. The van der Waals surface area contributed by atoms with Crippen molar-refractivity contribution < 1.29 is 0 Å². The zero-order valence-electron chi connectivity index (χ0n) is 14.8. The second kappa shape index (κ2) is 5.99. The summed E-state index contributed by atoms with van der Waals surface area (Å²) < 4.78 is 0. The van der Waals surface area contributed by atoms with Crippen molar-refractivity contribution in [2.24, 2.45) is 4.99 Å². The Bertz CT molecular complexity index is 1040.